The number of hydrogen-bond donors (Lipinski definition) is 1. The number of benzene rings is 3. The first-order valence-corrected chi connectivity index (χ1v) is 13.0. The molecule has 200 valence electrons. The summed E-state index contributed by atoms with van der Waals surface area (Å²) in [4.78, 5) is 38.7. The summed E-state index contributed by atoms with van der Waals surface area (Å²) >= 11 is 0. The Labute approximate surface area is 226 Å². The molecule has 0 aliphatic carbocycles. The van der Waals surface area contributed by atoms with Gasteiger partial charge in [0.25, 0.3) is 5.91 Å². The molecular weight excluding hydrogens is 496 g/mol. The number of fused-ring (bicyclic) bond motifs is 1. The number of piperidine rings is 1. The van der Waals surface area contributed by atoms with Crippen molar-refractivity contribution in [3.63, 3.8) is 0 Å². The van der Waals surface area contributed by atoms with Crippen LogP contribution in [-0.4, -0.2) is 31.6 Å². The van der Waals surface area contributed by atoms with Crippen LogP contribution < -0.4 is 20.6 Å². The van der Waals surface area contributed by atoms with Gasteiger partial charge in [-0.05, 0) is 85.8 Å². The Hall–Kier alpha value is -4.59. The fourth-order valence-electron chi connectivity index (χ4n) is 4.62. The maximum Gasteiger partial charge on any atom is 0.338 e. The third-order valence-corrected chi connectivity index (χ3v) is 6.72. The van der Waals surface area contributed by atoms with Gasteiger partial charge in [0.1, 0.15) is 17.9 Å². The molecule has 1 amide bonds. The van der Waals surface area contributed by atoms with Gasteiger partial charge in [-0.25, -0.2) is 9.59 Å². The van der Waals surface area contributed by atoms with Crippen LogP contribution >= 0.6 is 0 Å². The molecule has 39 heavy (non-hydrogen) atoms. The molecule has 0 bridgehead atoms. The first kappa shape index (κ1) is 26.0. The molecule has 8 nitrogen and oxygen atoms in total. The number of aryl methyl sites for hydroxylation is 1. The third kappa shape index (κ3) is 6.65. The lowest BCUT2D eigenvalue weighted by atomic mass is 10.1. The van der Waals surface area contributed by atoms with E-state index < -0.39 is 17.5 Å². The number of nitrogens with zero attached hydrogens (tertiary/aromatic N) is 1. The standard InChI is InChI=1S/C31H30N2O6/c1-21-17-30(35)39-28-18-26(13-14-27(21)28)37-19-22-5-7-23(8-6-22)31(36)38-20-29(34)32-24-9-11-25(12-10-24)33-15-3-2-4-16-33/h5-14,17-18H,2-4,15-16,19-20H2,1H3,(H,32,34). The van der Waals surface area contributed by atoms with Crippen LogP contribution in [0.3, 0.4) is 0 Å². The minimum absolute atomic E-state index is 0.260. The van der Waals surface area contributed by atoms with Crippen LogP contribution in [0, 0.1) is 6.92 Å². The number of anilines is 2. The molecule has 0 spiro atoms. The molecule has 0 atom stereocenters. The zero-order valence-electron chi connectivity index (χ0n) is 21.8. The SMILES string of the molecule is Cc1cc(=O)oc2cc(OCc3ccc(C(=O)OCC(=O)Nc4ccc(N5CCCCC5)cc4)cc3)ccc12. The summed E-state index contributed by atoms with van der Waals surface area (Å²) in [7, 11) is 0. The van der Waals surface area contributed by atoms with Gasteiger partial charge in [-0.15, -0.1) is 0 Å². The zero-order valence-corrected chi connectivity index (χ0v) is 21.8. The minimum Gasteiger partial charge on any atom is -0.489 e. The van der Waals surface area contributed by atoms with Crippen LogP contribution in [0.4, 0.5) is 11.4 Å². The average molecular weight is 527 g/mol. The van der Waals surface area contributed by atoms with Crippen molar-refractivity contribution in [1.82, 2.24) is 0 Å². The molecular formula is C31H30N2O6. The number of carbonyl (C=O) groups is 2. The van der Waals surface area contributed by atoms with Crippen molar-refractivity contribution < 1.29 is 23.5 Å². The topological polar surface area (TPSA) is 98.1 Å². The summed E-state index contributed by atoms with van der Waals surface area (Å²) in [6, 6.07) is 21.3. The van der Waals surface area contributed by atoms with Crippen LogP contribution in [0.1, 0.15) is 40.7 Å². The molecule has 1 aliphatic rings. The van der Waals surface area contributed by atoms with Crippen LogP contribution in [-0.2, 0) is 16.1 Å². The van der Waals surface area contributed by atoms with Gasteiger partial charge < -0.3 is 24.1 Å². The number of ether oxygens (including phenoxy) is 2. The molecule has 1 aliphatic heterocycles. The normalized spacial score (nSPS) is 13.2. The Morgan fingerprint density at radius 2 is 1.67 bits per heavy atom. The largest absolute Gasteiger partial charge is 0.489 e. The Balaban J connectivity index is 1.09. The van der Waals surface area contributed by atoms with Gasteiger partial charge in [0.05, 0.1) is 5.56 Å². The Morgan fingerprint density at radius 3 is 2.41 bits per heavy atom. The van der Waals surface area contributed by atoms with E-state index in [1.165, 1.54) is 25.3 Å². The second-order valence-corrected chi connectivity index (χ2v) is 9.61. The minimum atomic E-state index is -0.585. The second-order valence-electron chi connectivity index (χ2n) is 9.61. The molecule has 3 aromatic carbocycles. The van der Waals surface area contributed by atoms with E-state index in [0.29, 0.717) is 22.6 Å². The lowest BCUT2D eigenvalue weighted by Gasteiger charge is -2.28. The second kappa shape index (κ2) is 11.9. The van der Waals surface area contributed by atoms with E-state index in [4.69, 9.17) is 13.9 Å². The van der Waals surface area contributed by atoms with Crippen LogP contribution in [0.25, 0.3) is 11.0 Å². The molecule has 1 N–H and O–H groups in total. The molecule has 1 fully saturated rings. The van der Waals surface area contributed by atoms with E-state index in [1.807, 2.05) is 43.3 Å². The monoisotopic (exact) mass is 526 g/mol. The van der Waals surface area contributed by atoms with Gasteiger partial charge in [-0.3, -0.25) is 4.79 Å². The Kier molecular flexibility index (Phi) is 7.91. The predicted octanol–water partition coefficient (Wildman–Crippen LogP) is 5.47. The van der Waals surface area contributed by atoms with Crippen molar-refractivity contribution >= 4 is 34.2 Å². The summed E-state index contributed by atoms with van der Waals surface area (Å²) < 4.78 is 16.3. The molecule has 0 radical (unpaired) electrons. The highest BCUT2D eigenvalue weighted by molar-refractivity contribution is 5.95. The van der Waals surface area contributed by atoms with Crippen LogP contribution in [0.5, 0.6) is 5.75 Å². The molecule has 1 aromatic heterocycles. The predicted molar refractivity (Wildman–Crippen MR) is 149 cm³/mol. The zero-order chi connectivity index (χ0) is 27.2. The fourth-order valence-corrected chi connectivity index (χ4v) is 4.62. The van der Waals surface area contributed by atoms with E-state index >= 15 is 0 Å². The van der Waals surface area contributed by atoms with Crippen molar-refractivity contribution in [3.05, 3.63) is 99.9 Å². The summed E-state index contributed by atoms with van der Waals surface area (Å²) in [5.74, 6) is -0.426. The number of carbonyl (C=O) groups excluding carboxylic acids is 2. The molecule has 2 heterocycles. The summed E-state index contributed by atoms with van der Waals surface area (Å²) in [6.45, 7) is 3.85. The third-order valence-electron chi connectivity index (χ3n) is 6.72. The fraction of sp³-hybridized carbons (Fsp3) is 0.258. The Bertz CT molecular complexity index is 1520. The van der Waals surface area contributed by atoms with Gasteiger partial charge in [-0.1, -0.05) is 12.1 Å². The van der Waals surface area contributed by atoms with Gasteiger partial charge in [0, 0.05) is 42.0 Å². The molecule has 0 saturated carbocycles. The van der Waals surface area contributed by atoms with Gasteiger partial charge >= 0.3 is 11.6 Å². The Morgan fingerprint density at radius 1 is 0.923 bits per heavy atom. The van der Waals surface area contributed by atoms with E-state index in [0.717, 1.165) is 35.3 Å². The van der Waals surface area contributed by atoms with E-state index in [-0.39, 0.29) is 13.2 Å². The van der Waals surface area contributed by atoms with Crippen molar-refractivity contribution in [3.8, 4) is 5.75 Å². The number of hydrogen-bond acceptors (Lipinski definition) is 7. The molecule has 5 rings (SSSR count). The number of nitrogens with one attached hydrogen (secondary N) is 1. The number of rotatable bonds is 8. The summed E-state index contributed by atoms with van der Waals surface area (Å²) in [5, 5.41) is 3.61. The van der Waals surface area contributed by atoms with Gasteiger partial charge in [-0.2, -0.15) is 0 Å². The first-order chi connectivity index (χ1) is 18.9. The van der Waals surface area contributed by atoms with E-state index in [1.54, 1.807) is 30.3 Å². The van der Waals surface area contributed by atoms with Crippen molar-refractivity contribution in [2.24, 2.45) is 0 Å². The number of esters is 1. The summed E-state index contributed by atoms with van der Waals surface area (Å²) in [6.07, 6.45) is 3.68. The summed E-state index contributed by atoms with van der Waals surface area (Å²) in [5.41, 5.74) is 3.88. The molecule has 1 saturated heterocycles. The maximum atomic E-state index is 12.4. The van der Waals surface area contributed by atoms with E-state index in [2.05, 4.69) is 10.2 Å². The van der Waals surface area contributed by atoms with Crippen molar-refractivity contribution in [2.45, 2.75) is 32.8 Å². The average Bonchev–Trinajstić information content (AvgIpc) is 2.95. The number of amides is 1. The van der Waals surface area contributed by atoms with Crippen molar-refractivity contribution in [2.75, 3.05) is 29.9 Å². The molecule has 0 unspecified atom stereocenters. The highest BCUT2D eigenvalue weighted by Gasteiger charge is 2.13. The maximum absolute atomic E-state index is 12.4. The quantitative estimate of drug-likeness (QED) is 0.240. The van der Waals surface area contributed by atoms with Crippen LogP contribution in [0.15, 0.2) is 82.0 Å². The van der Waals surface area contributed by atoms with Crippen LogP contribution in [0.2, 0.25) is 0 Å². The lowest BCUT2D eigenvalue weighted by molar-refractivity contribution is -0.119. The van der Waals surface area contributed by atoms with E-state index in [9.17, 15) is 14.4 Å². The first-order valence-electron chi connectivity index (χ1n) is 13.0. The van der Waals surface area contributed by atoms with Crippen molar-refractivity contribution in [1.29, 1.82) is 0 Å². The van der Waals surface area contributed by atoms with Gasteiger partial charge in [0.15, 0.2) is 6.61 Å². The lowest BCUT2D eigenvalue weighted by Crippen LogP contribution is -2.29. The highest BCUT2D eigenvalue weighted by atomic mass is 16.5. The molecule has 8 heteroatoms. The highest BCUT2D eigenvalue weighted by Crippen LogP contribution is 2.24. The smallest absolute Gasteiger partial charge is 0.338 e. The van der Waals surface area contributed by atoms with Gasteiger partial charge in [0.2, 0.25) is 0 Å². The molecule has 4 aromatic rings.